The van der Waals surface area contributed by atoms with Crippen molar-refractivity contribution in [3.05, 3.63) is 53.3 Å². The fourth-order valence-electron chi connectivity index (χ4n) is 3.17. The zero-order chi connectivity index (χ0) is 20.5. The Labute approximate surface area is 166 Å². The summed E-state index contributed by atoms with van der Waals surface area (Å²) < 4.78 is 32.8. The highest BCUT2D eigenvalue weighted by atomic mass is 19.1. The van der Waals surface area contributed by atoms with Crippen molar-refractivity contribution >= 4 is 11.6 Å². The highest BCUT2D eigenvalue weighted by molar-refractivity contribution is 5.82. The third-order valence-corrected chi connectivity index (χ3v) is 4.55. The van der Waals surface area contributed by atoms with Crippen molar-refractivity contribution in [1.82, 2.24) is 14.8 Å². The molecule has 0 fully saturated rings. The van der Waals surface area contributed by atoms with E-state index < -0.39 is 11.9 Å². The third kappa shape index (κ3) is 3.40. The van der Waals surface area contributed by atoms with Gasteiger partial charge in [0.25, 0.3) is 11.7 Å². The molecule has 0 radical (unpaired) electrons. The summed E-state index contributed by atoms with van der Waals surface area (Å²) in [5.41, 5.74) is 7.61. The number of rotatable bonds is 0. The van der Waals surface area contributed by atoms with Crippen LogP contribution in [0.2, 0.25) is 0 Å². The predicted molar refractivity (Wildman–Crippen MR) is 104 cm³/mol. The van der Waals surface area contributed by atoms with Crippen molar-refractivity contribution in [2.45, 2.75) is 13.0 Å². The summed E-state index contributed by atoms with van der Waals surface area (Å²) in [4.78, 5) is 7.76. The molecule has 2 bridgehead atoms. The van der Waals surface area contributed by atoms with Crippen LogP contribution >= 0.6 is 0 Å². The quantitative estimate of drug-likeness (QED) is 0.585. The van der Waals surface area contributed by atoms with Crippen molar-refractivity contribution in [2.24, 2.45) is 7.05 Å². The fourth-order valence-corrected chi connectivity index (χ4v) is 3.17. The standard InChI is InChI=1S/C20H18FN5O3/c1-11-14-9-13(21)4-5-15(14)27-6-7-28-20-17(19(23-2)26(3)25-20)12-8-16(29-11)18(22)24-10-12/h4-5,8-11H,6-7H2,1,3H3,(H2,22,24)/t11-/m0/s1. The summed E-state index contributed by atoms with van der Waals surface area (Å²) in [7, 11) is 1.67. The van der Waals surface area contributed by atoms with Gasteiger partial charge in [0.2, 0.25) is 0 Å². The number of hydrogen-bond acceptors (Lipinski definition) is 6. The lowest BCUT2D eigenvalue weighted by Crippen LogP contribution is -2.12. The number of ether oxygens (including phenoxy) is 3. The Kier molecular flexibility index (Phi) is 4.68. The molecule has 0 saturated carbocycles. The molecule has 0 spiro atoms. The van der Waals surface area contributed by atoms with E-state index in [0.29, 0.717) is 34.0 Å². The smallest absolute Gasteiger partial charge is 0.263 e. The topological polar surface area (TPSA) is 88.8 Å². The lowest BCUT2D eigenvalue weighted by molar-refractivity contribution is 0.195. The first-order valence-corrected chi connectivity index (χ1v) is 8.90. The first-order chi connectivity index (χ1) is 14.0. The Hall–Kier alpha value is -3.80. The van der Waals surface area contributed by atoms with Crippen LogP contribution in [0.25, 0.3) is 16.0 Å². The average Bonchev–Trinajstić information content (AvgIpc) is 3.02. The van der Waals surface area contributed by atoms with E-state index in [1.807, 2.05) is 0 Å². The minimum absolute atomic E-state index is 0.171. The number of fused-ring (bicyclic) bond motifs is 5. The summed E-state index contributed by atoms with van der Waals surface area (Å²) in [6.45, 7) is 9.65. The Balaban J connectivity index is 1.86. The van der Waals surface area contributed by atoms with Gasteiger partial charge in [0, 0.05) is 17.3 Å². The number of pyridine rings is 1. The van der Waals surface area contributed by atoms with Crippen LogP contribution < -0.4 is 19.9 Å². The lowest BCUT2D eigenvalue weighted by atomic mass is 10.1. The van der Waals surface area contributed by atoms with Crippen molar-refractivity contribution in [1.29, 1.82) is 0 Å². The minimum atomic E-state index is -0.560. The SMILES string of the molecule is [C-]#[N+]c1c2c(nn1C)OCCOc1ccc(F)cc1[C@H](C)Oc1cc-2cnc1N. The summed E-state index contributed by atoms with van der Waals surface area (Å²) in [6, 6.07) is 5.90. The number of aromatic nitrogens is 3. The Bertz CT molecular complexity index is 1120. The second kappa shape index (κ2) is 7.31. The van der Waals surface area contributed by atoms with E-state index in [-0.39, 0.29) is 24.9 Å². The number of nitrogen functional groups attached to an aromatic ring is 1. The van der Waals surface area contributed by atoms with Crippen LogP contribution in [-0.4, -0.2) is 28.0 Å². The summed E-state index contributed by atoms with van der Waals surface area (Å²) >= 11 is 0. The van der Waals surface area contributed by atoms with Gasteiger partial charge in [-0.25, -0.2) is 9.37 Å². The summed E-state index contributed by atoms with van der Waals surface area (Å²) in [6.07, 6.45) is 0.977. The van der Waals surface area contributed by atoms with Gasteiger partial charge >= 0.3 is 0 Å². The molecular weight excluding hydrogens is 377 g/mol. The van der Waals surface area contributed by atoms with E-state index in [1.54, 1.807) is 26.1 Å². The molecule has 4 rings (SSSR count). The molecule has 3 aromatic rings. The second-order valence-electron chi connectivity index (χ2n) is 6.49. The van der Waals surface area contributed by atoms with Crippen LogP contribution in [0, 0.1) is 12.4 Å². The van der Waals surface area contributed by atoms with Crippen LogP contribution in [0.3, 0.4) is 0 Å². The van der Waals surface area contributed by atoms with Gasteiger partial charge < -0.3 is 24.8 Å². The number of benzene rings is 1. The van der Waals surface area contributed by atoms with Gasteiger partial charge in [0.1, 0.15) is 30.9 Å². The normalized spacial score (nSPS) is 15.7. The van der Waals surface area contributed by atoms with Crippen molar-refractivity contribution in [2.75, 3.05) is 18.9 Å². The number of anilines is 1. The molecule has 148 valence electrons. The summed E-state index contributed by atoms with van der Waals surface area (Å²) in [5, 5.41) is 4.30. The maximum atomic E-state index is 13.8. The predicted octanol–water partition coefficient (Wildman–Crippen LogP) is 3.67. The van der Waals surface area contributed by atoms with Gasteiger partial charge in [-0.3, -0.25) is 0 Å². The van der Waals surface area contributed by atoms with Crippen LogP contribution in [0.15, 0.2) is 30.5 Å². The highest BCUT2D eigenvalue weighted by Crippen LogP contribution is 2.41. The van der Waals surface area contributed by atoms with Crippen LogP contribution in [-0.2, 0) is 7.05 Å². The third-order valence-electron chi connectivity index (χ3n) is 4.55. The minimum Gasteiger partial charge on any atom is -0.490 e. The Morgan fingerprint density at radius 3 is 2.83 bits per heavy atom. The molecule has 9 heteroatoms. The van der Waals surface area contributed by atoms with Crippen molar-refractivity contribution < 1.29 is 18.6 Å². The molecule has 3 heterocycles. The van der Waals surface area contributed by atoms with E-state index in [9.17, 15) is 4.39 Å². The Morgan fingerprint density at radius 1 is 1.24 bits per heavy atom. The molecule has 2 aromatic heterocycles. The summed E-state index contributed by atoms with van der Waals surface area (Å²) in [5.74, 6) is 1.13. The zero-order valence-electron chi connectivity index (χ0n) is 15.8. The number of nitrogens with two attached hydrogens (primary N) is 1. The molecule has 8 nitrogen and oxygen atoms in total. The van der Waals surface area contributed by atoms with E-state index >= 15 is 0 Å². The van der Waals surface area contributed by atoms with Gasteiger partial charge in [-0.15, -0.1) is 0 Å². The van der Waals surface area contributed by atoms with E-state index in [2.05, 4.69) is 14.9 Å². The van der Waals surface area contributed by atoms with E-state index in [4.69, 9.17) is 26.5 Å². The largest absolute Gasteiger partial charge is 0.490 e. The van der Waals surface area contributed by atoms with Gasteiger partial charge in [0.15, 0.2) is 11.6 Å². The number of halogens is 1. The average molecular weight is 395 g/mol. The molecule has 29 heavy (non-hydrogen) atoms. The highest BCUT2D eigenvalue weighted by Gasteiger charge is 2.23. The maximum Gasteiger partial charge on any atom is 0.263 e. The zero-order valence-corrected chi connectivity index (χ0v) is 15.8. The fraction of sp³-hybridized carbons (Fsp3) is 0.250. The molecule has 1 aliphatic heterocycles. The molecule has 1 aromatic carbocycles. The molecule has 0 unspecified atom stereocenters. The molecule has 1 aliphatic rings. The van der Waals surface area contributed by atoms with Gasteiger partial charge in [-0.1, -0.05) is 11.7 Å². The number of hydrogen-bond donors (Lipinski definition) is 1. The molecule has 0 saturated heterocycles. The van der Waals surface area contributed by atoms with E-state index in [0.717, 1.165) is 0 Å². The number of aryl methyl sites for hydroxylation is 1. The molecule has 0 aliphatic carbocycles. The first kappa shape index (κ1) is 18.6. The van der Waals surface area contributed by atoms with Crippen LogP contribution in [0.4, 0.5) is 16.0 Å². The van der Waals surface area contributed by atoms with Gasteiger partial charge in [-0.05, 0) is 31.2 Å². The van der Waals surface area contributed by atoms with E-state index in [1.165, 1.54) is 23.0 Å². The van der Waals surface area contributed by atoms with Gasteiger partial charge in [0.05, 0.1) is 12.6 Å². The maximum absolute atomic E-state index is 13.8. The molecular formula is C20H18FN5O3. The molecule has 1 atom stereocenters. The molecule has 0 amide bonds. The second-order valence-corrected chi connectivity index (χ2v) is 6.49. The lowest BCUT2D eigenvalue weighted by Gasteiger charge is -2.19. The van der Waals surface area contributed by atoms with Gasteiger partial charge in [-0.2, -0.15) is 4.68 Å². The van der Waals surface area contributed by atoms with Crippen molar-refractivity contribution in [3.8, 4) is 28.5 Å². The van der Waals surface area contributed by atoms with Crippen LogP contribution in [0.5, 0.6) is 17.4 Å². The Morgan fingerprint density at radius 2 is 2.03 bits per heavy atom. The molecule has 2 N–H and O–H groups in total. The first-order valence-electron chi connectivity index (χ1n) is 8.90. The number of nitrogens with zero attached hydrogens (tertiary/aromatic N) is 4. The van der Waals surface area contributed by atoms with Crippen LogP contribution in [0.1, 0.15) is 18.6 Å². The monoisotopic (exact) mass is 395 g/mol. The van der Waals surface area contributed by atoms with Crippen molar-refractivity contribution in [3.63, 3.8) is 0 Å².